The van der Waals surface area contributed by atoms with Crippen LogP contribution >= 0.6 is 0 Å². The monoisotopic (exact) mass is 380 g/mol. The van der Waals surface area contributed by atoms with E-state index in [4.69, 9.17) is 14.2 Å². The third-order valence-corrected chi connectivity index (χ3v) is 4.60. The normalized spacial score (nSPS) is 19.3. The molecule has 0 bridgehead atoms. The smallest absolute Gasteiger partial charge is 0.254 e. The summed E-state index contributed by atoms with van der Waals surface area (Å²) in [5.41, 5.74) is 1.29. The fourth-order valence-corrected chi connectivity index (χ4v) is 3.23. The Morgan fingerprint density at radius 2 is 2.00 bits per heavy atom. The molecule has 1 atom stereocenters. The van der Waals surface area contributed by atoms with Gasteiger partial charge < -0.3 is 24.8 Å². The number of hydrogen-bond acceptors (Lipinski definition) is 5. The Morgan fingerprint density at radius 1 is 1.22 bits per heavy atom. The molecule has 0 saturated carbocycles. The second-order valence-electron chi connectivity index (χ2n) is 6.61. The Balaban J connectivity index is 1.61. The number of halogens is 1. The van der Waals surface area contributed by atoms with Crippen molar-refractivity contribution in [3.8, 4) is 5.75 Å². The Kier molecular flexibility index (Phi) is 6.63. The maximum Gasteiger partial charge on any atom is 0.254 e. The molecular weight excluding hydrogens is 355 g/mol. The molecule has 1 unspecified atom stereocenters. The number of benzene rings is 1. The minimum absolute atomic E-state index is 0.203. The molecule has 2 heterocycles. The Hall–Kier alpha value is -2.19. The highest BCUT2D eigenvalue weighted by molar-refractivity contribution is 6.02. The number of nitrogens with one attached hydrogen (secondary N) is 2. The average Bonchev–Trinajstić information content (AvgIpc) is 3.13. The molecule has 2 aliphatic heterocycles. The van der Waals surface area contributed by atoms with Gasteiger partial charge in [0, 0.05) is 32.0 Å². The van der Waals surface area contributed by atoms with Crippen LogP contribution in [0.5, 0.6) is 5.75 Å². The number of hydrogen-bond donors (Lipinski definition) is 2. The molecule has 148 valence electrons. The van der Waals surface area contributed by atoms with E-state index in [0.717, 1.165) is 12.8 Å². The van der Waals surface area contributed by atoms with Crippen LogP contribution in [0, 0.1) is 0 Å². The Bertz CT molecular complexity index is 691. The van der Waals surface area contributed by atoms with Gasteiger partial charge in [-0.15, -0.1) is 0 Å². The van der Waals surface area contributed by atoms with Gasteiger partial charge in [-0.3, -0.25) is 9.59 Å². The molecule has 2 N–H and O–H groups in total. The molecule has 3 rings (SSSR count). The zero-order valence-electron chi connectivity index (χ0n) is 15.4. The minimum Gasteiger partial charge on any atom is -0.486 e. The Morgan fingerprint density at radius 3 is 2.70 bits per heavy atom. The standard InChI is InChI=1S/C19H25FN2O5/c1-21-19(24)15-10-13(8-12-9-14(11-20)27-17(12)15)18(23)22-5-2-4-16-25-6-3-7-26-16/h8,10,14,16H,2-7,9,11H2,1H3,(H,21,24)(H,22,23). The molecule has 2 aliphatic rings. The second-order valence-corrected chi connectivity index (χ2v) is 6.61. The molecule has 7 nitrogen and oxygen atoms in total. The van der Waals surface area contributed by atoms with Gasteiger partial charge in [-0.1, -0.05) is 0 Å². The first-order valence-corrected chi connectivity index (χ1v) is 9.25. The van der Waals surface area contributed by atoms with Crippen LogP contribution in [0.15, 0.2) is 12.1 Å². The molecule has 1 aromatic rings. The molecule has 1 fully saturated rings. The highest BCUT2D eigenvalue weighted by Gasteiger charge is 2.29. The van der Waals surface area contributed by atoms with Crippen molar-refractivity contribution in [3.05, 3.63) is 28.8 Å². The van der Waals surface area contributed by atoms with Gasteiger partial charge in [-0.05, 0) is 30.5 Å². The summed E-state index contributed by atoms with van der Waals surface area (Å²) in [5, 5.41) is 5.37. The van der Waals surface area contributed by atoms with E-state index < -0.39 is 12.8 Å². The number of amides is 2. The van der Waals surface area contributed by atoms with Gasteiger partial charge in [-0.25, -0.2) is 4.39 Å². The predicted molar refractivity (Wildman–Crippen MR) is 95.8 cm³/mol. The third kappa shape index (κ3) is 4.75. The summed E-state index contributed by atoms with van der Waals surface area (Å²) in [6, 6.07) is 3.15. The number of carbonyl (C=O) groups is 2. The summed E-state index contributed by atoms with van der Waals surface area (Å²) in [4.78, 5) is 24.6. The molecule has 0 aromatic heterocycles. The lowest BCUT2D eigenvalue weighted by molar-refractivity contribution is -0.181. The zero-order valence-corrected chi connectivity index (χ0v) is 15.4. The van der Waals surface area contributed by atoms with Gasteiger partial charge in [0.05, 0.1) is 18.8 Å². The molecule has 27 heavy (non-hydrogen) atoms. The first-order chi connectivity index (χ1) is 13.1. The topological polar surface area (TPSA) is 85.9 Å². The van der Waals surface area contributed by atoms with Crippen molar-refractivity contribution in [2.75, 3.05) is 33.5 Å². The average molecular weight is 380 g/mol. The van der Waals surface area contributed by atoms with Crippen molar-refractivity contribution in [2.24, 2.45) is 0 Å². The van der Waals surface area contributed by atoms with Crippen LogP contribution in [0.3, 0.4) is 0 Å². The largest absolute Gasteiger partial charge is 0.486 e. The number of fused-ring (bicyclic) bond motifs is 1. The van der Waals surface area contributed by atoms with Gasteiger partial charge in [0.1, 0.15) is 18.5 Å². The fraction of sp³-hybridized carbons (Fsp3) is 0.579. The van der Waals surface area contributed by atoms with Crippen LogP contribution in [0.25, 0.3) is 0 Å². The Labute approximate surface area is 157 Å². The van der Waals surface area contributed by atoms with Gasteiger partial charge in [0.15, 0.2) is 6.29 Å². The molecule has 1 saturated heterocycles. The minimum atomic E-state index is -0.644. The molecule has 0 radical (unpaired) electrons. The van der Waals surface area contributed by atoms with E-state index in [-0.39, 0.29) is 23.7 Å². The highest BCUT2D eigenvalue weighted by Crippen LogP contribution is 2.34. The third-order valence-electron chi connectivity index (χ3n) is 4.60. The van der Waals surface area contributed by atoms with Crippen molar-refractivity contribution in [1.82, 2.24) is 10.6 Å². The maximum atomic E-state index is 13.0. The van der Waals surface area contributed by atoms with E-state index in [1.54, 1.807) is 6.07 Å². The second kappa shape index (κ2) is 9.14. The number of rotatable bonds is 7. The summed E-state index contributed by atoms with van der Waals surface area (Å²) in [6.45, 7) is 1.24. The van der Waals surface area contributed by atoms with Crippen molar-refractivity contribution in [1.29, 1.82) is 0 Å². The zero-order chi connectivity index (χ0) is 19.2. The van der Waals surface area contributed by atoms with E-state index in [0.29, 0.717) is 49.5 Å². The van der Waals surface area contributed by atoms with Gasteiger partial charge in [0.25, 0.3) is 11.8 Å². The first kappa shape index (κ1) is 19.6. The fourth-order valence-electron chi connectivity index (χ4n) is 3.23. The first-order valence-electron chi connectivity index (χ1n) is 9.25. The van der Waals surface area contributed by atoms with Crippen LogP contribution in [0.1, 0.15) is 45.5 Å². The van der Waals surface area contributed by atoms with E-state index >= 15 is 0 Å². The lowest BCUT2D eigenvalue weighted by atomic mass is 10.0. The molecule has 8 heteroatoms. The molecular formula is C19H25FN2O5. The molecule has 1 aromatic carbocycles. The van der Waals surface area contributed by atoms with Crippen LogP contribution < -0.4 is 15.4 Å². The van der Waals surface area contributed by atoms with Crippen molar-refractivity contribution >= 4 is 11.8 Å². The van der Waals surface area contributed by atoms with Crippen LogP contribution in [-0.2, 0) is 15.9 Å². The quantitative estimate of drug-likeness (QED) is 0.702. The van der Waals surface area contributed by atoms with Gasteiger partial charge in [0.2, 0.25) is 0 Å². The summed E-state index contributed by atoms with van der Waals surface area (Å²) >= 11 is 0. The highest BCUT2D eigenvalue weighted by atomic mass is 19.1. The predicted octanol–water partition coefficient (Wildman–Crippen LogP) is 1.59. The number of carbonyl (C=O) groups excluding carboxylic acids is 2. The lowest BCUT2D eigenvalue weighted by Crippen LogP contribution is -2.28. The van der Waals surface area contributed by atoms with E-state index in [1.165, 1.54) is 13.1 Å². The van der Waals surface area contributed by atoms with E-state index in [1.807, 2.05) is 0 Å². The van der Waals surface area contributed by atoms with E-state index in [9.17, 15) is 14.0 Å². The molecule has 0 spiro atoms. The lowest BCUT2D eigenvalue weighted by Gasteiger charge is -2.23. The summed E-state index contributed by atoms with van der Waals surface area (Å²) < 4.78 is 29.4. The van der Waals surface area contributed by atoms with Crippen molar-refractivity contribution in [2.45, 2.75) is 38.1 Å². The molecule has 2 amide bonds. The van der Waals surface area contributed by atoms with Gasteiger partial charge in [-0.2, -0.15) is 0 Å². The number of ether oxygens (including phenoxy) is 3. The summed E-state index contributed by atoms with van der Waals surface area (Å²) in [7, 11) is 1.50. The van der Waals surface area contributed by atoms with Crippen molar-refractivity contribution < 1.29 is 28.2 Å². The summed E-state index contributed by atoms with van der Waals surface area (Å²) in [5.74, 6) is -0.288. The van der Waals surface area contributed by atoms with Crippen LogP contribution in [0.4, 0.5) is 4.39 Å². The molecule has 0 aliphatic carbocycles. The van der Waals surface area contributed by atoms with Gasteiger partial charge >= 0.3 is 0 Å². The van der Waals surface area contributed by atoms with Crippen LogP contribution in [0.2, 0.25) is 0 Å². The summed E-state index contributed by atoms with van der Waals surface area (Å²) in [6.07, 6.45) is 1.86. The SMILES string of the molecule is CNC(=O)c1cc(C(=O)NCCCC2OCCCO2)cc2c1OC(CF)C2. The number of alkyl halides is 1. The van der Waals surface area contributed by atoms with E-state index in [2.05, 4.69) is 10.6 Å². The van der Waals surface area contributed by atoms with Crippen molar-refractivity contribution in [3.63, 3.8) is 0 Å². The van der Waals surface area contributed by atoms with Crippen LogP contribution in [-0.4, -0.2) is 57.7 Å². The maximum absolute atomic E-state index is 13.0.